The van der Waals surface area contributed by atoms with Crippen molar-refractivity contribution in [2.45, 2.75) is 39.5 Å². The number of carbonyl (C=O) groups is 2. The molecule has 3 rings (SSSR count). The highest BCUT2D eigenvalue weighted by Gasteiger charge is 2.44. The number of hydrogen-bond donors (Lipinski definition) is 1. The van der Waals surface area contributed by atoms with E-state index in [0.29, 0.717) is 40.3 Å². The van der Waals surface area contributed by atoms with Crippen LogP contribution in [0.1, 0.15) is 45.1 Å². The fourth-order valence-electron chi connectivity index (χ4n) is 4.27. The monoisotopic (exact) mass is 385 g/mol. The molecule has 0 unspecified atom stereocenters. The van der Waals surface area contributed by atoms with Gasteiger partial charge in [-0.15, -0.1) is 0 Å². The number of hydrogen-bond acceptors (Lipinski definition) is 6. The number of nitrogens with one attached hydrogen (secondary N) is 1. The van der Waals surface area contributed by atoms with Gasteiger partial charge in [0.15, 0.2) is 17.3 Å². The Bertz CT molecular complexity index is 894. The zero-order valence-corrected chi connectivity index (χ0v) is 17.3. The lowest BCUT2D eigenvalue weighted by atomic mass is 9.68. The second-order valence-electron chi connectivity index (χ2n) is 8.00. The molecule has 2 aliphatic rings. The second kappa shape index (κ2) is 7.34. The Morgan fingerprint density at radius 1 is 1.14 bits per heavy atom. The molecule has 1 aliphatic heterocycles. The van der Waals surface area contributed by atoms with Gasteiger partial charge in [-0.3, -0.25) is 4.79 Å². The number of dihydropyridines is 1. The fraction of sp³-hybridized carbons (Fsp3) is 0.455. The molecule has 0 bridgehead atoms. The van der Waals surface area contributed by atoms with E-state index in [1.807, 2.05) is 19.1 Å². The van der Waals surface area contributed by atoms with Crippen molar-refractivity contribution in [1.29, 1.82) is 0 Å². The lowest BCUT2D eigenvalue weighted by Crippen LogP contribution is -2.38. The van der Waals surface area contributed by atoms with Gasteiger partial charge in [0.05, 0.1) is 32.8 Å². The molecule has 6 nitrogen and oxygen atoms in total. The van der Waals surface area contributed by atoms with Crippen LogP contribution in [0, 0.1) is 5.41 Å². The Hall–Kier alpha value is -2.76. The predicted octanol–water partition coefficient (Wildman–Crippen LogP) is 3.48. The molecule has 0 aromatic heterocycles. The molecule has 28 heavy (non-hydrogen) atoms. The van der Waals surface area contributed by atoms with Gasteiger partial charge in [-0.1, -0.05) is 26.0 Å². The van der Waals surface area contributed by atoms with Crippen LogP contribution in [-0.4, -0.2) is 33.1 Å². The number of methoxy groups -OCH3 is 3. The lowest BCUT2D eigenvalue weighted by Gasteiger charge is -2.39. The van der Waals surface area contributed by atoms with E-state index in [4.69, 9.17) is 14.2 Å². The Labute approximate surface area is 165 Å². The zero-order chi connectivity index (χ0) is 20.6. The number of ether oxygens (including phenoxy) is 3. The van der Waals surface area contributed by atoms with E-state index in [1.54, 1.807) is 20.3 Å². The van der Waals surface area contributed by atoms with Crippen LogP contribution in [0.25, 0.3) is 0 Å². The summed E-state index contributed by atoms with van der Waals surface area (Å²) in [6.07, 6.45) is 1.15. The summed E-state index contributed by atoms with van der Waals surface area (Å²) in [5, 5.41) is 3.30. The maximum atomic E-state index is 13.2. The second-order valence-corrected chi connectivity index (χ2v) is 8.00. The number of Topliss-reactive ketones (excluding diaryl/α,β-unsaturated/α-hetero) is 1. The summed E-state index contributed by atoms with van der Waals surface area (Å²) in [5.74, 6) is 0.0469. The third kappa shape index (κ3) is 3.28. The number of para-hydroxylation sites is 1. The molecular formula is C22H27NO5. The average Bonchev–Trinajstić information content (AvgIpc) is 2.64. The number of esters is 1. The van der Waals surface area contributed by atoms with Crippen LogP contribution >= 0.6 is 0 Å². The van der Waals surface area contributed by atoms with E-state index in [9.17, 15) is 9.59 Å². The number of rotatable bonds is 4. The van der Waals surface area contributed by atoms with Crippen molar-refractivity contribution in [2.75, 3.05) is 21.3 Å². The zero-order valence-electron chi connectivity index (χ0n) is 17.3. The number of allylic oxidation sites excluding steroid dienone is 3. The lowest BCUT2D eigenvalue weighted by molar-refractivity contribution is -0.136. The molecule has 6 heteroatoms. The van der Waals surface area contributed by atoms with Gasteiger partial charge in [0.25, 0.3) is 0 Å². The quantitative estimate of drug-likeness (QED) is 0.800. The first-order valence-corrected chi connectivity index (χ1v) is 9.27. The maximum Gasteiger partial charge on any atom is 0.336 e. The molecule has 0 amide bonds. The van der Waals surface area contributed by atoms with Gasteiger partial charge < -0.3 is 19.5 Å². The summed E-state index contributed by atoms with van der Waals surface area (Å²) < 4.78 is 16.1. The molecule has 0 fully saturated rings. The highest BCUT2D eigenvalue weighted by molar-refractivity contribution is 6.04. The Morgan fingerprint density at radius 3 is 2.46 bits per heavy atom. The summed E-state index contributed by atoms with van der Waals surface area (Å²) in [5.41, 5.74) is 3.14. The molecule has 1 aromatic rings. The fourth-order valence-corrected chi connectivity index (χ4v) is 4.27. The third-order valence-electron chi connectivity index (χ3n) is 5.39. The molecule has 0 radical (unpaired) electrons. The van der Waals surface area contributed by atoms with Crippen molar-refractivity contribution in [2.24, 2.45) is 5.41 Å². The first-order valence-electron chi connectivity index (χ1n) is 9.27. The standard InChI is InChI=1S/C22H27NO5/c1-12-17(21(25)28-6)18(13-8-7-9-16(26-4)20(13)27-5)19-14(23-12)10-22(2,3)11-15(19)24/h7-9,18,23H,10-11H2,1-6H3/t18-/m1/s1. The van der Waals surface area contributed by atoms with Gasteiger partial charge in [0, 0.05) is 29.0 Å². The van der Waals surface area contributed by atoms with Crippen LogP contribution in [0.5, 0.6) is 11.5 Å². The summed E-state index contributed by atoms with van der Waals surface area (Å²) in [7, 11) is 4.46. The van der Waals surface area contributed by atoms with Crippen LogP contribution in [0.3, 0.4) is 0 Å². The summed E-state index contributed by atoms with van der Waals surface area (Å²) in [4.78, 5) is 25.9. The first kappa shape index (κ1) is 20.0. The summed E-state index contributed by atoms with van der Waals surface area (Å²) >= 11 is 0. The van der Waals surface area contributed by atoms with Crippen molar-refractivity contribution in [3.63, 3.8) is 0 Å². The normalized spacial score (nSPS) is 21.1. The molecule has 150 valence electrons. The van der Waals surface area contributed by atoms with E-state index in [0.717, 1.165) is 12.1 Å². The first-order chi connectivity index (χ1) is 13.2. The highest BCUT2D eigenvalue weighted by Crippen LogP contribution is 2.49. The van der Waals surface area contributed by atoms with Crippen LogP contribution in [0.15, 0.2) is 40.7 Å². The van der Waals surface area contributed by atoms with Crippen LogP contribution < -0.4 is 14.8 Å². The Balaban J connectivity index is 2.29. The smallest absolute Gasteiger partial charge is 0.336 e. The van der Waals surface area contributed by atoms with Crippen molar-refractivity contribution in [3.8, 4) is 11.5 Å². The SMILES string of the molecule is COC(=O)C1=C(C)NC2=C(C(=O)CC(C)(C)C2)[C@@H]1c1cccc(OC)c1OC. The minimum atomic E-state index is -0.572. The average molecular weight is 385 g/mol. The molecule has 1 aromatic carbocycles. The van der Waals surface area contributed by atoms with Gasteiger partial charge >= 0.3 is 5.97 Å². The van der Waals surface area contributed by atoms with E-state index in [2.05, 4.69) is 19.2 Å². The molecule has 1 N–H and O–H groups in total. The minimum absolute atomic E-state index is 0.0301. The number of benzene rings is 1. The van der Waals surface area contributed by atoms with Crippen molar-refractivity contribution in [3.05, 3.63) is 46.3 Å². The molecule has 1 atom stereocenters. The Morgan fingerprint density at radius 2 is 1.86 bits per heavy atom. The van der Waals surface area contributed by atoms with Crippen LogP contribution in [-0.2, 0) is 14.3 Å². The summed E-state index contributed by atoms with van der Waals surface area (Å²) in [6.45, 7) is 5.99. The summed E-state index contributed by atoms with van der Waals surface area (Å²) in [6, 6.07) is 5.49. The van der Waals surface area contributed by atoms with Crippen molar-refractivity contribution in [1.82, 2.24) is 5.32 Å². The molecule has 1 aliphatic carbocycles. The Kier molecular flexibility index (Phi) is 5.24. The van der Waals surface area contributed by atoms with Crippen LogP contribution in [0.2, 0.25) is 0 Å². The molecule has 0 spiro atoms. The van der Waals surface area contributed by atoms with Gasteiger partial charge in [0.2, 0.25) is 0 Å². The van der Waals surface area contributed by atoms with E-state index in [-0.39, 0.29) is 11.2 Å². The number of carbonyl (C=O) groups excluding carboxylic acids is 2. The highest BCUT2D eigenvalue weighted by atomic mass is 16.5. The minimum Gasteiger partial charge on any atom is -0.493 e. The van der Waals surface area contributed by atoms with E-state index in [1.165, 1.54) is 7.11 Å². The van der Waals surface area contributed by atoms with Crippen LogP contribution in [0.4, 0.5) is 0 Å². The van der Waals surface area contributed by atoms with E-state index >= 15 is 0 Å². The van der Waals surface area contributed by atoms with E-state index < -0.39 is 11.9 Å². The molecule has 1 heterocycles. The molecular weight excluding hydrogens is 358 g/mol. The largest absolute Gasteiger partial charge is 0.493 e. The topological polar surface area (TPSA) is 73.9 Å². The van der Waals surface area contributed by atoms with Crippen molar-refractivity contribution >= 4 is 11.8 Å². The molecule has 0 saturated heterocycles. The number of ketones is 1. The van der Waals surface area contributed by atoms with Gasteiger partial charge in [-0.25, -0.2) is 4.79 Å². The molecule has 0 saturated carbocycles. The van der Waals surface area contributed by atoms with Gasteiger partial charge in [-0.05, 0) is 24.8 Å². The third-order valence-corrected chi connectivity index (χ3v) is 5.39. The van der Waals surface area contributed by atoms with Gasteiger partial charge in [0.1, 0.15) is 0 Å². The maximum absolute atomic E-state index is 13.2. The predicted molar refractivity (Wildman–Crippen MR) is 105 cm³/mol. The van der Waals surface area contributed by atoms with Gasteiger partial charge in [-0.2, -0.15) is 0 Å². The van der Waals surface area contributed by atoms with Crippen molar-refractivity contribution < 1.29 is 23.8 Å².